The highest BCUT2D eigenvalue weighted by Crippen LogP contribution is 2.21. The third-order valence-electron chi connectivity index (χ3n) is 2.98. The number of hydrogen-bond donors (Lipinski definition) is 1. The molecule has 0 aromatic carbocycles. The molecule has 3 heteroatoms. The van der Waals surface area contributed by atoms with E-state index in [1.165, 1.54) is 5.56 Å². The van der Waals surface area contributed by atoms with Gasteiger partial charge in [0.15, 0.2) is 0 Å². The van der Waals surface area contributed by atoms with Crippen molar-refractivity contribution in [1.29, 1.82) is 0 Å². The van der Waals surface area contributed by atoms with Crippen molar-refractivity contribution < 1.29 is 0 Å². The van der Waals surface area contributed by atoms with Gasteiger partial charge >= 0.3 is 0 Å². The van der Waals surface area contributed by atoms with Gasteiger partial charge in [-0.1, -0.05) is 27.7 Å². The molecule has 0 aliphatic rings. The van der Waals surface area contributed by atoms with Crippen LogP contribution in [0.4, 0.5) is 0 Å². The van der Waals surface area contributed by atoms with Gasteiger partial charge in [0.1, 0.15) is 6.33 Å². The molecule has 1 aromatic heterocycles. The largest absolute Gasteiger partial charge is 0.316 e. The fraction of sp³-hybridized carbons (Fsp3) is 0.692. The smallest absolute Gasteiger partial charge is 0.115 e. The number of aromatic nitrogens is 2. The Labute approximate surface area is 98.7 Å². The quantitative estimate of drug-likeness (QED) is 0.802. The summed E-state index contributed by atoms with van der Waals surface area (Å²) in [4.78, 5) is 8.13. The lowest BCUT2D eigenvalue weighted by Gasteiger charge is -2.20. The van der Waals surface area contributed by atoms with Crippen molar-refractivity contribution in [2.45, 2.75) is 33.6 Å². The molecule has 1 heterocycles. The third kappa shape index (κ3) is 4.27. The van der Waals surface area contributed by atoms with Crippen LogP contribution >= 0.6 is 0 Å². The molecule has 1 aromatic rings. The van der Waals surface area contributed by atoms with Crippen molar-refractivity contribution in [3.8, 4) is 0 Å². The molecule has 90 valence electrons. The van der Waals surface area contributed by atoms with Crippen LogP contribution in [0.1, 0.15) is 39.2 Å². The van der Waals surface area contributed by atoms with Crippen molar-refractivity contribution in [1.82, 2.24) is 15.3 Å². The van der Waals surface area contributed by atoms with E-state index < -0.39 is 0 Å². The molecule has 0 aliphatic carbocycles. The molecular formula is C13H23N3. The van der Waals surface area contributed by atoms with Crippen molar-refractivity contribution in [3.05, 3.63) is 24.3 Å². The lowest BCUT2D eigenvalue weighted by atomic mass is 9.90. The second kappa shape index (κ2) is 6.59. The molecule has 0 aliphatic heterocycles. The Balaban J connectivity index is 2.39. The van der Waals surface area contributed by atoms with Gasteiger partial charge < -0.3 is 5.32 Å². The van der Waals surface area contributed by atoms with E-state index in [9.17, 15) is 0 Å². The fourth-order valence-electron chi connectivity index (χ4n) is 1.65. The van der Waals surface area contributed by atoms with Crippen molar-refractivity contribution >= 4 is 0 Å². The van der Waals surface area contributed by atoms with E-state index in [1.54, 1.807) is 6.33 Å². The summed E-state index contributed by atoms with van der Waals surface area (Å²) in [5, 5.41) is 3.49. The molecule has 0 spiro atoms. The van der Waals surface area contributed by atoms with Crippen LogP contribution in [0.3, 0.4) is 0 Å². The van der Waals surface area contributed by atoms with Crippen molar-refractivity contribution in [3.63, 3.8) is 0 Å². The van der Waals surface area contributed by atoms with Crippen LogP contribution in [0.5, 0.6) is 0 Å². The van der Waals surface area contributed by atoms with Gasteiger partial charge in [-0.25, -0.2) is 9.97 Å². The molecule has 0 amide bonds. The second-order valence-electron chi connectivity index (χ2n) is 4.99. The van der Waals surface area contributed by atoms with E-state index in [0.29, 0.717) is 17.8 Å². The number of nitrogens with zero attached hydrogens (tertiary/aromatic N) is 2. The normalized spacial score (nSPS) is 15.1. The molecule has 0 saturated heterocycles. The summed E-state index contributed by atoms with van der Waals surface area (Å²) in [5.74, 6) is 1.81. The van der Waals surface area contributed by atoms with E-state index in [1.807, 2.05) is 12.4 Å². The van der Waals surface area contributed by atoms with Crippen LogP contribution in [0, 0.1) is 11.8 Å². The first kappa shape index (κ1) is 13.1. The summed E-state index contributed by atoms with van der Waals surface area (Å²) in [5.41, 5.74) is 1.22. The maximum Gasteiger partial charge on any atom is 0.115 e. The Morgan fingerprint density at radius 2 is 1.69 bits per heavy atom. The van der Waals surface area contributed by atoms with Gasteiger partial charge in [0.05, 0.1) is 0 Å². The Morgan fingerprint density at radius 1 is 1.06 bits per heavy atom. The first-order chi connectivity index (χ1) is 7.61. The Bertz CT molecular complexity index is 284. The summed E-state index contributed by atoms with van der Waals surface area (Å²) >= 11 is 0. The zero-order valence-corrected chi connectivity index (χ0v) is 10.8. The van der Waals surface area contributed by atoms with E-state index >= 15 is 0 Å². The standard InChI is InChI=1S/C13H23N3/c1-10(2)5-14-6-11(3)12(4)13-7-15-9-16-8-13/h7-12,14H,5-6H2,1-4H3. The first-order valence-corrected chi connectivity index (χ1v) is 6.07. The molecule has 0 saturated carbocycles. The zero-order chi connectivity index (χ0) is 12.0. The lowest BCUT2D eigenvalue weighted by molar-refractivity contribution is 0.427. The van der Waals surface area contributed by atoms with Gasteiger partial charge in [-0.2, -0.15) is 0 Å². The van der Waals surface area contributed by atoms with Crippen LogP contribution in [0.25, 0.3) is 0 Å². The summed E-state index contributed by atoms with van der Waals surface area (Å²) in [6.45, 7) is 11.1. The van der Waals surface area contributed by atoms with Crippen molar-refractivity contribution in [2.24, 2.45) is 11.8 Å². The Morgan fingerprint density at radius 3 is 2.25 bits per heavy atom. The van der Waals surface area contributed by atoms with Crippen LogP contribution in [-0.2, 0) is 0 Å². The highest BCUT2D eigenvalue weighted by molar-refractivity contribution is 5.10. The fourth-order valence-corrected chi connectivity index (χ4v) is 1.65. The second-order valence-corrected chi connectivity index (χ2v) is 4.99. The minimum absolute atomic E-state index is 0.501. The van der Waals surface area contributed by atoms with Crippen LogP contribution in [0.15, 0.2) is 18.7 Å². The van der Waals surface area contributed by atoms with Gasteiger partial charge in [0.25, 0.3) is 0 Å². The minimum atomic E-state index is 0.501. The number of nitrogens with one attached hydrogen (secondary N) is 1. The highest BCUT2D eigenvalue weighted by Gasteiger charge is 2.14. The van der Waals surface area contributed by atoms with E-state index in [4.69, 9.17) is 0 Å². The van der Waals surface area contributed by atoms with Gasteiger partial charge in [-0.15, -0.1) is 0 Å². The van der Waals surface area contributed by atoms with Gasteiger partial charge in [-0.05, 0) is 36.4 Å². The van der Waals surface area contributed by atoms with Gasteiger partial charge in [0, 0.05) is 12.4 Å². The first-order valence-electron chi connectivity index (χ1n) is 6.07. The van der Waals surface area contributed by atoms with E-state index in [-0.39, 0.29) is 0 Å². The van der Waals surface area contributed by atoms with Crippen LogP contribution < -0.4 is 5.32 Å². The van der Waals surface area contributed by atoms with Gasteiger partial charge in [-0.3, -0.25) is 0 Å². The molecule has 0 bridgehead atoms. The maximum atomic E-state index is 4.07. The average molecular weight is 221 g/mol. The van der Waals surface area contributed by atoms with Gasteiger partial charge in [0.2, 0.25) is 0 Å². The molecule has 1 rings (SSSR count). The van der Waals surface area contributed by atoms with E-state index in [2.05, 4.69) is 43.0 Å². The van der Waals surface area contributed by atoms with Crippen LogP contribution in [0.2, 0.25) is 0 Å². The number of hydrogen-bond acceptors (Lipinski definition) is 3. The summed E-state index contributed by atoms with van der Waals surface area (Å²) in [6, 6.07) is 0. The zero-order valence-electron chi connectivity index (χ0n) is 10.8. The van der Waals surface area contributed by atoms with Crippen molar-refractivity contribution in [2.75, 3.05) is 13.1 Å². The molecule has 1 N–H and O–H groups in total. The predicted octanol–water partition coefficient (Wildman–Crippen LogP) is 2.46. The molecule has 0 fully saturated rings. The molecule has 16 heavy (non-hydrogen) atoms. The molecule has 2 unspecified atom stereocenters. The highest BCUT2D eigenvalue weighted by atomic mass is 14.9. The summed E-state index contributed by atoms with van der Waals surface area (Å²) in [6.07, 6.45) is 5.41. The molecule has 3 nitrogen and oxygen atoms in total. The molecular weight excluding hydrogens is 198 g/mol. The topological polar surface area (TPSA) is 37.8 Å². The summed E-state index contributed by atoms with van der Waals surface area (Å²) in [7, 11) is 0. The lowest BCUT2D eigenvalue weighted by Crippen LogP contribution is -2.27. The minimum Gasteiger partial charge on any atom is -0.316 e. The Hall–Kier alpha value is -0.960. The SMILES string of the molecule is CC(C)CNCC(C)C(C)c1cncnc1. The average Bonchev–Trinajstić information content (AvgIpc) is 2.28. The van der Waals surface area contributed by atoms with E-state index in [0.717, 1.165) is 13.1 Å². The maximum absolute atomic E-state index is 4.07. The summed E-state index contributed by atoms with van der Waals surface area (Å²) < 4.78 is 0. The van der Waals surface area contributed by atoms with Crippen LogP contribution in [-0.4, -0.2) is 23.1 Å². The predicted molar refractivity (Wildman–Crippen MR) is 67.3 cm³/mol. The third-order valence-corrected chi connectivity index (χ3v) is 2.98. The molecule has 2 atom stereocenters. The molecule has 0 radical (unpaired) electrons. The number of rotatable bonds is 6. The monoisotopic (exact) mass is 221 g/mol. The Kier molecular flexibility index (Phi) is 5.39.